The van der Waals surface area contributed by atoms with Gasteiger partial charge in [-0.3, -0.25) is 4.79 Å². The Morgan fingerprint density at radius 3 is 2.64 bits per heavy atom. The van der Waals surface area contributed by atoms with E-state index in [1.807, 2.05) is 0 Å². The molecule has 0 aliphatic carbocycles. The zero-order valence-electron chi connectivity index (χ0n) is 14.2. The molecule has 1 unspecified atom stereocenters. The molecule has 1 atom stereocenters. The molecule has 0 spiro atoms. The smallest absolute Gasteiger partial charge is 0.255 e. The first-order valence-corrected chi connectivity index (χ1v) is 7.92. The Kier molecular flexibility index (Phi) is 8.18. The summed E-state index contributed by atoms with van der Waals surface area (Å²) in [5.41, 5.74) is 1.01. The van der Waals surface area contributed by atoms with Crippen LogP contribution in [0.3, 0.4) is 0 Å². The molecule has 1 aromatic carbocycles. The molecule has 0 aliphatic rings. The lowest BCUT2D eigenvalue weighted by Gasteiger charge is -2.15. The van der Waals surface area contributed by atoms with E-state index < -0.39 is 17.8 Å². The molecule has 3 N–H and O–H groups in total. The van der Waals surface area contributed by atoms with E-state index in [1.54, 1.807) is 13.0 Å². The fourth-order valence-electron chi connectivity index (χ4n) is 2.00. The molecule has 7 heteroatoms. The fourth-order valence-corrected chi connectivity index (χ4v) is 2.19. The Morgan fingerprint density at radius 1 is 1.48 bits per heavy atom. The van der Waals surface area contributed by atoms with Crippen LogP contribution in [-0.4, -0.2) is 30.8 Å². The van der Waals surface area contributed by atoms with Gasteiger partial charge in [-0.2, -0.15) is 0 Å². The summed E-state index contributed by atoms with van der Waals surface area (Å²) in [5.74, 6) is -0.887. The summed E-state index contributed by atoms with van der Waals surface area (Å²) < 4.78 is 18.5. The summed E-state index contributed by atoms with van der Waals surface area (Å²) in [4.78, 5) is 12.4. The summed E-state index contributed by atoms with van der Waals surface area (Å²) in [6.07, 6.45) is 0.794. The number of ether oxygens (including phenoxy) is 1. The quantitative estimate of drug-likeness (QED) is 0.463. The minimum Gasteiger partial charge on any atom is -0.494 e. The van der Waals surface area contributed by atoms with Crippen molar-refractivity contribution in [2.75, 3.05) is 13.7 Å². The van der Waals surface area contributed by atoms with Gasteiger partial charge in [-0.1, -0.05) is 30.8 Å². The Hall–Kier alpha value is -2.31. The Balaban J connectivity index is 2.91. The number of allylic oxidation sites excluding steroid dienone is 1. The first-order valence-electron chi connectivity index (χ1n) is 7.54. The van der Waals surface area contributed by atoms with Crippen molar-refractivity contribution in [2.24, 2.45) is 0 Å². The highest BCUT2D eigenvalue weighted by atomic mass is 35.5. The number of halogens is 2. The van der Waals surface area contributed by atoms with Crippen molar-refractivity contribution < 1.29 is 19.0 Å². The van der Waals surface area contributed by atoms with Gasteiger partial charge in [0.1, 0.15) is 0 Å². The minimum atomic E-state index is -0.620. The second kappa shape index (κ2) is 9.86. The van der Waals surface area contributed by atoms with E-state index in [0.717, 1.165) is 0 Å². The number of amides is 1. The number of carbonyl (C=O) groups excluding carboxylic acids is 1. The van der Waals surface area contributed by atoms with Crippen LogP contribution in [0, 0.1) is 5.82 Å². The molecule has 1 aromatic rings. The van der Waals surface area contributed by atoms with Crippen LogP contribution >= 0.6 is 11.6 Å². The largest absolute Gasteiger partial charge is 0.494 e. The van der Waals surface area contributed by atoms with Gasteiger partial charge in [-0.25, -0.2) is 4.39 Å². The highest BCUT2D eigenvalue weighted by Crippen LogP contribution is 2.19. The number of hydrogen-bond acceptors (Lipinski definition) is 4. The molecular formula is C18H22ClFN2O3. The molecule has 0 radical (unpaired) electrons. The second-order valence-corrected chi connectivity index (χ2v) is 5.74. The maximum absolute atomic E-state index is 13.7. The second-order valence-electron chi connectivity index (χ2n) is 5.28. The number of hydrogen-bond donors (Lipinski definition) is 3. The maximum Gasteiger partial charge on any atom is 0.255 e. The topological polar surface area (TPSA) is 70.6 Å². The molecule has 1 rings (SSSR count). The summed E-state index contributed by atoms with van der Waals surface area (Å²) in [6.45, 7) is 9.12. The van der Waals surface area contributed by atoms with Crippen molar-refractivity contribution in [1.82, 2.24) is 10.6 Å². The van der Waals surface area contributed by atoms with E-state index in [-0.39, 0.29) is 29.4 Å². The van der Waals surface area contributed by atoms with Crippen LogP contribution in [0.1, 0.15) is 12.5 Å². The van der Waals surface area contributed by atoms with Crippen LogP contribution in [0.25, 0.3) is 0 Å². The van der Waals surface area contributed by atoms with Crippen molar-refractivity contribution in [3.63, 3.8) is 0 Å². The summed E-state index contributed by atoms with van der Waals surface area (Å²) in [7, 11) is 1.38. The Morgan fingerprint density at radius 2 is 2.16 bits per heavy atom. The van der Waals surface area contributed by atoms with Gasteiger partial charge in [0, 0.05) is 23.8 Å². The van der Waals surface area contributed by atoms with Crippen molar-refractivity contribution in [1.29, 1.82) is 0 Å². The van der Waals surface area contributed by atoms with Crippen LogP contribution in [0.15, 0.2) is 53.7 Å². The van der Waals surface area contributed by atoms with Gasteiger partial charge < -0.3 is 20.5 Å². The minimum absolute atomic E-state index is 0.0198. The van der Waals surface area contributed by atoms with Crippen LogP contribution in [0.4, 0.5) is 4.39 Å². The third kappa shape index (κ3) is 6.25. The first-order chi connectivity index (χ1) is 11.8. The highest BCUT2D eigenvalue weighted by Gasteiger charge is 2.17. The van der Waals surface area contributed by atoms with Gasteiger partial charge in [-0.05, 0) is 30.7 Å². The zero-order valence-corrected chi connectivity index (χ0v) is 15.0. The lowest BCUT2D eigenvalue weighted by molar-refractivity contribution is -0.117. The molecule has 0 saturated carbocycles. The van der Waals surface area contributed by atoms with Crippen molar-refractivity contribution in [2.45, 2.75) is 19.6 Å². The van der Waals surface area contributed by atoms with Crippen molar-refractivity contribution in [3.05, 3.63) is 65.1 Å². The number of methoxy groups -OCH3 is 1. The Labute approximate surface area is 151 Å². The predicted molar refractivity (Wildman–Crippen MR) is 96.7 cm³/mol. The molecule has 0 bridgehead atoms. The van der Waals surface area contributed by atoms with E-state index in [0.29, 0.717) is 11.3 Å². The summed E-state index contributed by atoms with van der Waals surface area (Å²) in [5, 5.41) is 14.9. The number of aliphatic hydroxyl groups is 1. The number of rotatable bonds is 9. The molecule has 0 fully saturated rings. The van der Waals surface area contributed by atoms with E-state index in [1.165, 1.54) is 25.3 Å². The normalized spacial score (nSPS) is 12.7. The van der Waals surface area contributed by atoms with Crippen LogP contribution in [0.5, 0.6) is 5.75 Å². The van der Waals surface area contributed by atoms with Gasteiger partial charge in [0.05, 0.1) is 18.8 Å². The number of aliphatic hydroxyl groups excluding tert-OH is 1. The molecular weight excluding hydrogens is 347 g/mol. The molecule has 136 valence electrons. The Bertz CT molecular complexity index is 687. The van der Waals surface area contributed by atoms with Gasteiger partial charge in [0.25, 0.3) is 5.91 Å². The van der Waals surface area contributed by atoms with Crippen LogP contribution in [0.2, 0.25) is 0 Å². The third-order valence-electron chi connectivity index (χ3n) is 3.23. The lowest BCUT2D eigenvalue weighted by atomic mass is 10.1. The molecule has 5 nitrogen and oxygen atoms in total. The maximum atomic E-state index is 13.7. The first kappa shape index (κ1) is 20.7. The molecule has 0 aromatic heterocycles. The fraction of sp³-hybridized carbons (Fsp3) is 0.278. The average Bonchev–Trinajstić information content (AvgIpc) is 2.55. The third-order valence-corrected chi connectivity index (χ3v) is 3.42. The zero-order chi connectivity index (χ0) is 19.0. The van der Waals surface area contributed by atoms with E-state index in [2.05, 4.69) is 23.8 Å². The van der Waals surface area contributed by atoms with Crippen LogP contribution < -0.4 is 15.4 Å². The van der Waals surface area contributed by atoms with E-state index >= 15 is 0 Å². The standard InChI is InChI=1S/C18H22ClFN2O3/c1-5-15(21-9-11(2)23)17(12(3)19)18(24)22-10-13-6-7-16(25-4)14(20)8-13/h5-8,11,21,23H,1,3,9-10H2,2,4H3,(H,22,24)/b17-15-. The van der Waals surface area contributed by atoms with E-state index in [9.17, 15) is 14.3 Å². The molecule has 0 saturated heterocycles. The SMILES string of the molecule is C=C/C(NCC(C)O)=C(\C(=C)Cl)C(=O)NCc1ccc(OC)c(F)c1. The molecule has 0 aliphatic heterocycles. The summed E-state index contributed by atoms with van der Waals surface area (Å²) in [6, 6.07) is 4.40. The highest BCUT2D eigenvalue weighted by molar-refractivity contribution is 6.35. The number of nitrogens with one attached hydrogen (secondary N) is 2. The lowest BCUT2D eigenvalue weighted by Crippen LogP contribution is -2.30. The average molecular weight is 369 g/mol. The monoisotopic (exact) mass is 368 g/mol. The molecule has 25 heavy (non-hydrogen) atoms. The van der Waals surface area contributed by atoms with Gasteiger partial charge >= 0.3 is 0 Å². The van der Waals surface area contributed by atoms with E-state index in [4.69, 9.17) is 16.3 Å². The molecule has 1 amide bonds. The van der Waals surface area contributed by atoms with Crippen molar-refractivity contribution >= 4 is 17.5 Å². The number of carbonyl (C=O) groups is 1. The van der Waals surface area contributed by atoms with Gasteiger partial charge in [-0.15, -0.1) is 0 Å². The number of benzene rings is 1. The summed E-state index contributed by atoms with van der Waals surface area (Å²) >= 11 is 5.93. The van der Waals surface area contributed by atoms with Gasteiger partial charge in [0.15, 0.2) is 11.6 Å². The molecule has 0 heterocycles. The predicted octanol–water partition coefficient (Wildman–Crippen LogP) is 2.61. The van der Waals surface area contributed by atoms with Gasteiger partial charge in [0.2, 0.25) is 0 Å². The van der Waals surface area contributed by atoms with Crippen molar-refractivity contribution in [3.8, 4) is 5.75 Å². The van der Waals surface area contributed by atoms with Crippen LogP contribution in [-0.2, 0) is 11.3 Å².